The van der Waals surface area contributed by atoms with Gasteiger partial charge in [0, 0.05) is 30.5 Å². The molecule has 0 aliphatic carbocycles. The lowest BCUT2D eigenvalue weighted by Crippen LogP contribution is -2.27. The van der Waals surface area contributed by atoms with E-state index in [9.17, 15) is 14.9 Å². The maximum atomic E-state index is 12.4. The van der Waals surface area contributed by atoms with Gasteiger partial charge in [0.1, 0.15) is 0 Å². The van der Waals surface area contributed by atoms with Crippen LogP contribution in [0.15, 0.2) is 47.4 Å². The zero-order chi connectivity index (χ0) is 17.8. The SMILES string of the molecule is Cc1ccc(CSc2ccc(C(=O)N3CCCC3)cc2[N+](=O)[O-])cc1. The number of carbonyl (C=O) groups excluding carboxylic acids is 1. The van der Waals surface area contributed by atoms with E-state index in [2.05, 4.69) is 0 Å². The normalized spacial score (nSPS) is 13.9. The standard InChI is InChI=1S/C19H20N2O3S/c1-14-4-6-15(7-5-14)13-25-18-9-8-16(12-17(18)21(23)24)19(22)20-10-2-3-11-20/h4-9,12H,2-3,10-11,13H2,1H3. The number of amides is 1. The third kappa shape index (κ3) is 4.20. The second kappa shape index (κ2) is 7.70. The Kier molecular flexibility index (Phi) is 5.38. The fourth-order valence-corrected chi connectivity index (χ4v) is 3.82. The van der Waals surface area contributed by atoms with Crippen molar-refractivity contribution in [3.05, 3.63) is 69.3 Å². The molecular formula is C19H20N2O3S. The Labute approximate surface area is 151 Å². The summed E-state index contributed by atoms with van der Waals surface area (Å²) in [4.78, 5) is 25.8. The Morgan fingerprint density at radius 2 is 1.84 bits per heavy atom. The van der Waals surface area contributed by atoms with Crippen molar-refractivity contribution < 1.29 is 9.72 Å². The molecule has 0 bridgehead atoms. The first-order chi connectivity index (χ1) is 12.0. The van der Waals surface area contributed by atoms with Gasteiger partial charge in [-0.1, -0.05) is 29.8 Å². The van der Waals surface area contributed by atoms with Crippen molar-refractivity contribution in [2.45, 2.75) is 30.4 Å². The van der Waals surface area contributed by atoms with Gasteiger partial charge in [0.15, 0.2) is 0 Å². The Morgan fingerprint density at radius 1 is 1.16 bits per heavy atom. The van der Waals surface area contributed by atoms with E-state index in [4.69, 9.17) is 0 Å². The van der Waals surface area contributed by atoms with Gasteiger partial charge in [-0.05, 0) is 37.5 Å². The number of aryl methyl sites for hydroxylation is 1. The van der Waals surface area contributed by atoms with Crippen molar-refractivity contribution in [2.24, 2.45) is 0 Å². The summed E-state index contributed by atoms with van der Waals surface area (Å²) >= 11 is 1.42. The molecule has 1 aliphatic heterocycles. The number of nitro groups is 1. The van der Waals surface area contributed by atoms with Gasteiger partial charge in [0.2, 0.25) is 0 Å². The molecule has 0 atom stereocenters. The highest BCUT2D eigenvalue weighted by Crippen LogP contribution is 2.33. The minimum atomic E-state index is -0.405. The lowest BCUT2D eigenvalue weighted by Gasteiger charge is -2.15. The summed E-state index contributed by atoms with van der Waals surface area (Å²) in [6.07, 6.45) is 2.00. The first kappa shape index (κ1) is 17.5. The van der Waals surface area contributed by atoms with Crippen LogP contribution in [0.2, 0.25) is 0 Å². The zero-order valence-electron chi connectivity index (χ0n) is 14.1. The predicted molar refractivity (Wildman–Crippen MR) is 99.0 cm³/mol. The molecule has 2 aromatic carbocycles. The van der Waals surface area contributed by atoms with Crippen molar-refractivity contribution in [3.63, 3.8) is 0 Å². The fourth-order valence-electron chi connectivity index (χ4n) is 2.86. The number of hydrogen-bond donors (Lipinski definition) is 0. The molecule has 0 unspecified atom stereocenters. The van der Waals surface area contributed by atoms with E-state index < -0.39 is 4.92 Å². The number of carbonyl (C=O) groups is 1. The lowest BCUT2D eigenvalue weighted by atomic mass is 10.2. The summed E-state index contributed by atoms with van der Waals surface area (Å²) in [5, 5.41) is 11.4. The number of hydrogen-bond acceptors (Lipinski definition) is 4. The van der Waals surface area contributed by atoms with Gasteiger partial charge in [-0.25, -0.2) is 0 Å². The van der Waals surface area contributed by atoms with Gasteiger partial charge >= 0.3 is 0 Å². The molecule has 3 rings (SSSR count). The summed E-state index contributed by atoms with van der Waals surface area (Å²) in [5.41, 5.74) is 2.70. The largest absolute Gasteiger partial charge is 0.339 e. The number of thioether (sulfide) groups is 1. The molecule has 1 amide bonds. The Balaban J connectivity index is 1.78. The van der Waals surface area contributed by atoms with Gasteiger partial charge in [0.05, 0.1) is 9.82 Å². The van der Waals surface area contributed by atoms with Gasteiger partial charge in [-0.2, -0.15) is 0 Å². The second-order valence-electron chi connectivity index (χ2n) is 6.21. The van der Waals surface area contributed by atoms with E-state index in [1.807, 2.05) is 31.2 Å². The van der Waals surface area contributed by atoms with E-state index in [1.54, 1.807) is 17.0 Å². The second-order valence-corrected chi connectivity index (χ2v) is 7.23. The highest BCUT2D eigenvalue weighted by Gasteiger charge is 2.23. The minimum absolute atomic E-state index is 0.00200. The molecule has 1 aliphatic rings. The number of nitrogens with zero attached hydrogens (tertiary/aromatic N) is 2. The molecule has 1 saturated heterocycles. The molecular weight excluding hydrogens is 336 g/mol. The topological polar surface area (TPSA) is 63.5 Å². The summed E-state index contributed by atoms with van der Waals surface area (Å²) < 4.78 is 0. The van der Waals surface area contributed by atoms with Crippen molar-refractivity contribution in [3.8, 4) is 0 Å². The Bertz CT molecular complexity index is 784. The van der Waals surface area contributed by atoms with Gasteiger partial charge in [0.25, 0.3) is 11.6 Å². The summed E-state index contributed by atoms with van der Waals surface area (Å²) in [7, 11) is 0. The molecule has 25 heavy (non-hydrogen) atoms. The van der Waals surface area contributed by atoms with Crippen LogP contribution in [0.25, 0.3) is 0 Å². The number of rotatable bonds is 5. The van der Waals surface area contributed by atoms with Crippen molar-refractivity contribution >= 4 is 23.4 Å². The van der Waals surface area contributed by atoms with E-state index in [1.165, 1.54) is 23.4 Å². The van der Waals surface area contributed by atoms with Crippen LogP contribution in [0.1, 0.15) is 34.3 Å². The number of nitro benzene ring substituents is 1. The molecule has 1 heterocycles. The molecule has 0 saturated carbocycles. The fraction of sp³-hybridized carbons (Fsp3) is 0.316. The molecule has 0 radical (unpaired) electrons. The minimum Gasteiger partial charge on any atom is -0.339 e. The average Bonchev–Trinajstić information content (AvgIpc) is 3.15. The van der Waals surface area contributed by atoms with Gasteiger partial charge < -0.3 is 4.90 Å². The van der Waals surface area contributed by atoms with Crippen LogP contribution in [-0.4, -0.2) is 28.8 Å². The van der Waals surface area contributed by atoms with Crippen LogP contribution in [0.5, 0.6) is 0 Å². The van der Waals surface area contributed by atoms with Crippen LogP contribution < -0.4 is 0 Å². The van der Waals surface area contributed by atoms with E-state index in [0.717, 1.165) is 31.5 Å². The van der Waals surface area contributed by atoms with Crippen LogP contribution in [0.3, 0.4) is 0 Å². The molecule has 5 nitrogen and oxygen atoms in total. The average molecular weight is 356 g/mol. The predicted octanol–water partition coefficient (Wildman–Crippen LogP) is 4.43. The monoisotopic (exact) mass is 356 g/mol. The van der Waals surface area contributed by atoms with Crippen LogP contribution in [-0.2, 0) is 5.75 Å². The molecule has 0 spiro atoms. The van der Waals surface area contributed by atoms with Gasteiger partial charge in [-0.3, -0.25) is 14.9 Å². The van der Waals surface area contributed by atoms with E-state index in [-0.39, 0.29) is 11.6 Å². The third-order valence-corrected chi connectivity index (χ3v) is 5.44. The van der Waals surface area contributed by atoms with Gasteiger partial charge in [-0.15, -0.1) is 11.8 Å². The van der Waals surface area contributed by atoms with E-state index in [0.29, 0.717) is 16.2 Å². The molecule has 1 fully saturated rings. The third-order valence-electron chi connectivity index (χ3n) is 4.31. The molecule has 0 N–H and O–H groups in total. The van der Waals surface area contributed by atoms with Crippen molar-refractivity contribution in [1.29, 1.82) is 0 Å². The van der Waals surface area contributed by atoms with Crippen LogP contribution >= 0.6 is 11.8 Å². The van der Waals surface area contributed by atoms with Crippen LogP contribution in [0, 0.1) is 17.0 Å². The van der Waals surface area contributed by atoms with E-state index >= 15 is 0 Å². The quantitative estimate of drug-likeness (QED) is 0.452. The van der Waals surface area contributed by atoms with Crippen molar-refractivity contribution in [1.82, 2.24) is 4.90 Å². The zero-order valence-corrected chi connectivity index (χ0v) is 14.9. The number of benzene rings is 2. The molecule has 6 heteroatoms. The Hall–Kier alpha value is -2.34. The maximum absolute atomic E-state index is 12.4. The molecule has 2 aromatic rings. The van der Waals surface area contributed by atoms with Crippen LogP contribution in [0.4, 0.5) is 5.69 Å². The molecule has 0 aromatic heterocycles. The first-order valence-corrected chi connectivity index (χ1v) is 9.29. The number of likely N-dealkylation sites (tertiary alicyclic amines) is 1. The summed E-state index contributed by atoms with van der Waals surface area (Å²) in [5.74, 6) is 0.538. The van der Waals surface area contributed by atoms with Crippen molar-refractivity contribution in [2.75, 3.05) is 13.1 Å². The summed E-state index contributed by atoms with van der Waals surface area (Å²) in [6, 6.07) is 12.9. The highest BCUT2D eigenvalue weighted by molar-refractivity contribution is 7.98. The summed E-state index contributed by atoms with van der Waals surface area (Å²) in [6.45, 7) is 3.49. The highest BCUT2D eigenvalue weighted by atomic mass is 32.2. The maximum Gasteiger partial charge on any atom is 0.283 e. The molecule has 130 valence electrons. The smallest absolute Gasteiger partial charge is 0.283 e. The Morgan fingerprint density at radius 3 is 2.48 bits per heavy atom. The first-order valence-electron chi connectivity index (χ1n) is 8.30. The lowest BCUT2D eigenvalue weighted by molar-refractivity contribution is -0.387.